The van der Waals surface area contributed by atoms with Gasteiger partial charge in [-0.2, -0.15) is 8.78 Å². The van der Waals surface area contributed by atoms with Crippen molar-refractivity contribution in [3.8, 4) is 0 Å². The molecular weight excluding hydrogens is 208 g/mol. The van der Waals surface area contributed by atoms with Crippen LogP contribution in [0.5, 0.6) is 0 Å². The van der Waals surface area contributed by atoms with Crippen molar-refractivity contribution in [3.63, 3.8) is 0 Å². The second-order valence-electron chi connectivity index (χ2n) is 1.73. The van der Waals surface area contributed by atoms with E-state index in [1.54, 1.807) is 0 Å². The Balaban J connectivity index is 4.10. The van der Waals surface area contributed by atoms with Crippen LogP contribution in [0.25, 0.3) is 0 Å². The monoisotopic (exact) mass is 211 g/mol. The minimum atomic E-state index is -5.35. The van der Waals surface area contributed by atoms with Gasteiger partial charge in [0, 0.05) is 0 Å². The summed E-state index contributed by atoms with van der Waals surface area (Å²) in [5.41, 5.74) is 0. The first-order valence-electron chi connectivity index (χ1n) is 2.41. The molecule has 0 aromatic heterocycles. The zero-order valence-electron chi connectivity index (χ0n) is 5.34. The lowest BCUT2D eigenvalue weighted by atomic mass is 10.4. The van der Waals surface area contributed by atoms with Crippen molar-refractivity contribution >= 4 is 10.4 Å². The lowest BCUT2D eigenvalue weighted by Crippen LogP contribution is -2.33. The number of hydrogen-bond acceptors (Lipinski definition) is 4. The van der Waals surface area contributed by atoms with E-state index in [1.807, 2.05) is 0 Å². The summed E-state index contributed by atoms with van der Waals surface area (Å²) in [7, 11) is -5.35. The summed E-state index contributed by atoms with van der Waals surface area (Å²) < 4.78 is 77.7. The van der Waals surface area contributed by atoms with Gasteiger partial charge in [-0.1, -0.05) is 0 Å². The molecule has 0 aliphatic rings. The Bertz CT molecular complexity index is 235. The van der Waals surface area contributed by atoms with E-state index in [0.29, 0.717) is 0 Å². The molecule has 0 bridgehead atoms. The first-order valence-corrected chi connectivity index (χ1v) is 3.75. The molecule has 0 aromatic rings. The van der Waals surface area contributed by atoms with Gasteiger partial charge in [-0.3, -0.25) is 4.18 Å². The smallest absolute Gasteiger partial charge is 0.331 e. The van der Waals surface area contributed by atoms with Crippen LogP contribution < -0.4 is 0 Å². The highest BCUT2D eigenvalue weighted by Gasteiger charge is 2.41. The van der Waals surface area contributed by atoms with Crippen molar-refractivity contribution in [1.82, 2.24) is 0 Å². The summed E-state index contributed by atoms with van der Waals surface area (Å²) in [4.78, 5) is 0. The Labute approximate surface area is 65.1 Å². The fourth-order valence-electron chi connectivity index (χ4n) is 0.214. The van der Waals surface area contributed by atoms with Crippen molar-refractivity contribution < 1.29 is 34.7 Å². The van der Waals surface area contributed by atoms with Crippen molar-refractivity contribution in [2.45, 2.75) is 12.3 Å². The maximum atomic E-state index is 11.8. The molecule has 74 valence electrons. The van der Waals surface area contributed by atoms with Crippen molar-refractivity contribution in [2.24, 2.45) is 0 Å². The summed E-state index contributed by atoms with van der Waals surface area (Å²) in [6.45, 7) is -2.14. The van der Waals surface area contributed by atoms with Gasteiger partial charge in [0.05, 0.1) is 0 Å². The molecule has 0 aliphatic carbocycles. The average Bonchev–Trinajstić information content (AvgIpc) is 1.82. The van der Waals surface area contributed by atoms with Crippen LogP contribution in [0, 0.1) is 0 Å². The molecule has 0 N–H and O–H groups in total. The maximum Gasteiger partial charge on any atom is 0.331 e. The van der Waals surface area contributed by atoms with Gasteiger partial charge in [0.1, 0.15) is 6.61 Å². The van der Waals surface area contributed by atoms with E-state index >= 15 is 0 Å². The molecule has 12 heavy (non-hydrogen) atoms. The van der Waals surface area contributed by atoms with Gasteiger partial charge in [0.25, 0.3) is 0 Å². The number of rotatable bonds is 4. The highest BCUT2D eigenvalue weighted by Crippen LogP contribution is 2.23. The fraction of sp³-hybridized carbons (Fsp3) is 1.00. The van der Waals surface area contributed by atoms with Gasteiger partial charge in [-0.05, 0) is 0 Å². The third kappa shape index (κ3) is 4.46. The van der Waals surface area contributed by atoms with Crippen LogP contribution in [0.4, 0.5) is 17.6 Å². The Morgan fingerprint density at radius 2 is 1.83 bits per heavy atom. The number of halogens is 4. The fourth-order valence-corrected chi connectivity index (χ4v) is 0.515. The minimum absolute atomic E-state index is 2.14. The van der Waals surface area contributed by atoms with Crippen molar-refractivity contribution in [1.29, 1.82) is 0 Å². The summed E-state index contributed by atoms with van der Waals surface area (Å²) in [5.74, 6) is -4.63. The van der Waals surface area contributed by atoms with E-state index in [1.165, 1.54) is 0 Å². The molecule has 0 heterocycles. The molecule has 0 spiro atoms. The highest BCUT2D eigenvalue weighted by molar-refractivity contribution is 7.80. The normalized spacial score (nSPS) is 13.8. The van der Waals surface area contributed by atoms with E-state index < -0.39 is 29.4 Å². The third-order valence-corrected chi connectivity index (χ3v) is 1.12. The van der Waals surface area contributed by atoms with Crippen LogP contribution >= 0.6 is 0 Å². The predicted molar refractivity (Wildman–Crippen MR) is 26.6 cm³/mol. The zero-order valence-corrected chi connectivity index (χ0v) is 6.15. The molecule has 0 fully saturated rings. The van der Waals surface area contributed by atoms with Crippen LogP contribution in [0.2, 0.25) is 0 Å². The van der Waals surface area contributed by atoms with Crippen LogP contribution in [-0.4, -0.2) is 31.9 Å². The van der Waals surface area contributed by atoms with E-state index in [2.05, 4.69) is 4.18 Å². The van der Waals surface area contributed by atoms with Crippen LogP contribution in [0.3, 0.4) is 0 Å². The van der Waals surface area contributed by atoms with Gasteiger partial charge in [0.15, 0.2) is 0 Å². The Morgan fingerprint density at radius 1 is 1.42 bits per heavy atom. The van der Waals surface area contributed by atoms with Crippen LogP contribution in [0.1, 0.15) is 0 Å². The van der Waals surface area contributed by atoms with E-state index in [4.69, 9.17) is 0 Å². The molecule has 0 saturated heterocycles. The van der Waals surface area contributed by atoms with Gasteiger partial charge in [0.2, 0.25) is 10.4 Å². The zero-order chi connectivity index (χ0) is 9.99. The van der Waals surface area contributed by atoms with Gasteiger partial charge >= 0.3 is 12.3 Å². The molecule has 0 aromatic carbocycles. The Morgan fingerprint density at radius 3 is 2.08 bits per heavy atom. The molecule has 0 saturated carbocycles. The quantitative estimate of drug-likeness (QED) is 0.382. The summed E-state index contributed by atoms with van der Waals surface area (Å²) >= 11 is 0. The van der Waals surface area contributed by atoms with Crippen LogP contribution in [-0.2, 0) is 14.6 Å². The summed E-state index contributed by atoms with van der Waals surface area (Å²) in [6.07, 6.45) is -4.07. The van der Waals surface area contributed by atoms with Crippen molar-refractivity contribution in [2.75, 3.05) is 6.61 Å². The first-order chi connectivity index (χ1) is 5.15. The van der Waals surface area contributed by atoms with Crippen molar-refractivity contribution in [3.05, 3.63) is 0 Å². The second kappa shape index (κ2) is 3.54. The Hall–Kier alpha value is -0.410. The maximum absolute atomic E-state index is 11.8. The molecule has 0 atom stereocenters. The molecule has 9 heteroatoms. The molecule has 0 amide bonds. The van der Waals surface area contributed by atoms with Crippen LogP contribution in [0.15, 0.2) is 0 Å². The van der Waals surface area contributed by atoms with E-state index in [-0.39, 0.29) is 0 Å². The molecule has 0 radical (unpaired) electrons. The van der Waals surface area contributed by atoms with E-state index in [9.17, 15) is 30.5 Å². The summed E-state index contributed by atoms with van der Waals surface area (Å²) in [5, 5.41) is 0. The van der Waals surface area contributed by atoms with Gasteiger partial charge in [-0.25, -0.2) is 17.2 Å². The highest BCUT2D eigenvalue weighted by atomic mass is 32.3. The lowest BCUT2D eigenvalue weighted by molar-refractivity contribution is -0.148. The largest absolute Gasteiger partial charge is 0.726 e. The second-order valence-corrected chi connectivity index (χ2v) is 2.78. The number of alkyl halides is 4. The van der Waals surface area contributed by atoms with Gasteiger partial charge in [-0.15, -0.1) is 0 Å². The standard InChI is InChI=1S/C3H4F4O4S/c4-2(5)3(6,7)1-11-12(8,9)10/h2H,1H2,(H,8,9,10)/p-1. The average molecular weight is 211 g/mol. The molecular formula is C3H3F4O4S-. The molecule has 0 unspecified atom stereocenters. The predicted octanol–water partition coefficient (Wildman–Crippen LogP) is 0.364. The summed E-state index contributed by atoms with van der Waals surface area (Å²) in [6, 6.07) is 0. The van der Waals surface area contributed by atoms with E-state index in [0.717, 1.165) is 0 Å². The molecule has 4 nitrogen and oxygen atoms in total. The third-order valence-electron chi connectivity index (χ3n) is 0.715. The van der Waals surface area contributed by atoms with Gasteiger partial charge < -0.3 is 4.55 Å². The number of hydrogen-bond donors (Lipinski definition) is 0. The Kier molecular flexibility index (Phi) is 3.42. The molecule has 0 aliphatic heterocycles. The lowest BCUT2D eigenvalue weighted by Gasteiger charge is -2.15. The SMILES string of the molecule is O=S(=O)([O-])OCC(F)(F)C(F)F. The molecule has 0 rings (SSSR count). The topological polar surface area (TPSA) is 66.4 Å². The minimum Gasteiger partial charge on any atom is -0.726 e. The first kappa shape index (κ1) is 11.6.